The molecule has 1 atom stereocenters. The van der Waals surface area contributed by atoms with Crippen LogP contribution in [-0.2, 0) is 11.3 Å². The molecule has 0 aliphatic rings. The van der Waals surface area contributed by atoms with Gasteiger partial charge < -0.3 is 14.8 Å². The molecule has 1 aromatic heterocycles. The second-order valence-corrected chi connectivity index (χ2v) is 6.96. The van der Waals surface area contributed by atoms with Crippen molar-refractivity contribution in [1.82, 2.24) is 9.78 Å². The molecule has 1 unspecified atom stereocenters. The number of nitro benzene ring substituents is 1. The average molecular weight is 431 g/mol. The van der Waals surface area contributed by atoms with Crippen molar-refractivity contribution < 1.29 is 19.2 Å². The molecule has 0 fully saturated rings. The van der Waals surface area contributed by atoms with E-state index in [9.17, 15) is 14.9 Å². The van der Waals surface area contributed by atoms with Gasteiger partial charge in [0.2, 0.25) is 5.91 Å². The Morgan fingerprint density at radius 1 is 1.23 bits per heavy atom. The number of non-ortho nitro benzene ring substituents is 1. The van der Waals surface area contributed by atoms with Crippen molar-refractivity contribution in [3.05, 3.63) is 70.0 Å². The first-order valence-electron chi connectivity index (χ1n) is 8.94. The molecule has 0 saturated carbocycles. The zero-order valence-corrected chi connectivity index (χ0v) is 17.0. The number of benzene rings is 2. The van der Waals surface area contributed by atoms with Crippen molar-refractivity contribution in [3.8, 4) is 17.2 Å². The Bertz CT molecular complexity index is 1050. The molecule has 10 heteroatoms. The van der Waals surface area contributed by atoms with E-state index in [0.29, 0.717) is 23.1 Å². The van der Waals surface area contributed by atoms with Crippen LogP contribution in [0.5, 0.6) is 17.2 Å². The van der Waals surface area contributed by atoms with Gasteiger partial charge in [0.05, 0.1) is 47.5 Å². The maximum atomic E-state index is 12.5. The molecule has 156 valence electrons. The molecule has 0 bridgehead atoms. The highest BCUT2D eigenvalue weighted by molar-refractivity contribution is 6.30. The lowest BCUT2D eigenvalue weighted by molar-refractivity contribution is -0.384. The number of hydrogen-bond donors (Lipinski definition) is 1. The lowest BCUT2D eigenvalue weighted by atomic mass is 10.1. The third-order valence-corrected chi connectivity index (χ3v) is 4.37. The topological polar surface area (TPSA) is 109 Å². The van der Waals surface area contributed by atoms with E-state index in [1.807, 2.05) is 0 Å². The summed E-state index contributed by atoms with van der Waals surface area (Å²) in [5.41, 5.74) is 0.0471. The summed E-state index contributed by atoms with van der Waals surface area (Å²) in [5, 5.41) is 18.5. The van der Waals surface area contributed by atoms with Gasteiger partial charge in [-0.25, -0.2) is 0 Å². The van der Waals surface area contributed by atoms with Gasteiger partial charge in [0, 0.05) is 18.3 Å². The number of carbonyl (C=O) groups is 1. The van der Waals surface area contributed by atoms with E-state index in [1.165, 1.54) is 24.4 Å². The van der Waals surface area contributed by atoms with Crippen molar-refractivity contribution in [3.63, 3.8) is 0 Å². The second kappa shape index (κ2) is 9.27. The van der Waals surface area contributed by atoms with Crippen LogP contribution < -0.4 is 14.8 Å². The van der Waals surface area contributed by atoms with E-state index in [-0.39, 0.29) is 23.0 Å². The summed E-state index contributed by atoms with van der Waals surface area (Å²) in [4.78, 5) is 23.3. The van der Waals surface area contributed by atoms with E-state index < -0.39 is 10.8 Å². The molecule has 3 rings (SSSR count). The number of ether oxygens (including phenoxy) is 2. The Kier molecular flexibility index (Phi) is 6.53. The number of rotatable bonds is 8. The van der Waals surface area contributed by atoms with Gasteiger partial charge in [0.25, 0.3) is 5.69 Å². The fourth-order valence-corrected chi connectivity index (χ4v) is 2.82. The molecule has 0 radical (unpaired) electrons. The van der Waals surface area contributed by atoms with Crippen LogP contribution in [0.25, 0.3) is 0 Å². The van der Waals surface area contributed by atoms with Gasteiger partial charge in [-0.2, -0.15) is 5.10 Å². The number of amides is 1. The highest BCUT2D eigenvalue weighted by Crippen LogP contribution is 2.30. The number of aromatic nitrogens is 2. The number of methoxy groups -OCH3 is 1. The van der Waals surface area contributed by atoms with Crippen molar-refractivity contribution in [1.29, 1.82) is 0 Å². The van der Waals surface area contributed by atoms with Crippen molar-refractivity contribution >= 4 is 28.9 Å². The van der Waals surface area contributed by atoms with Gasteiger partial charge in [-0.1, -0.05) is 18.5 Å². The van der Waals surface area contributed by atoms with E-state index in [0.717, 1.165) is 0 Å². The minimum atomic E-state index is -0.550. The molecular weight excluding hydrogens is 412 g/mol. The van der Waals surface area contributed by atoms with Crippen LogP contribution in [0.4, 0.5) is 11.4 Å². The first-order chi connectivity index (χ1) is 14.3. The van der Waals surface area contributed by atoms with Crippen molar-refractivity contribution in [2.45, 2.75) is 13.5 Å². The smallest absolute Gasteiger partial charge is 0.275 e. The molecule has 1 heterocycles. The monoisotopic (exact) mass is 430 g/mol. The molecule has 0 aliphatic heterocycles. The summed E-state index contributed by atoms with van der Waals surface area (Å²) in [6.07, 6.45) is 3.09. The van der Waals surface area contributed by atoms with Crippen LogP contribution in [0, 0.1) is 16.0 Å². The predicted octanol–water partition coefficient (Wildman–Crippen LogP) is 4.52. The lowest BCUT2D eigenvalue weighted by Gasteiger charge is -2.13. The molecule has 0 aliphatic carbocycles. The predicted molar refractivity (Wildman–Crippen MR) is 111 cm³/mol. The molecule has 1 N–H and O–H groups in total. The number of halogens is 1. The first kappa shape index (κ1) is 21.1. The third kappa shape index (κ3) is 5.48. The second-order valence-electron chi connectivity index (χ2n) is 6.52. The minimum Gasteiger partial charge on any atom is -0.497 e. The van der Waals surface area contributed by atoms with Crippen LogP contribution >= 0.6 is 11.6 Å². The zero-order valence-electron chi connectivity index (χ0n) is 16.2. The Balaban J connectivity index is 1.75. The Labute approximate surface area is 177 Å². The minimum absolute atomic E-state index is 0.206. The number of nitrogens with zero attached hydrogens (tertiary/aromatic N) is 3. The number of nitro groups is 1. The molecule has 3 aromatic rings. The molecule has 30 heavy (non-hydrogen) atoms. The van der Waals surface area contributed by atoms with Gasteiger partial charge >= 0.3 is 0 Å². The Hall–Kier alpha value is -3.59. The van der Waals surface area contributed by atoms with Crippen LogP contribution in [0.15, 0.2) is 54.9 Å². The quantitative estimate of drug-likeness (QED) is 0.415. The number of nitrogens with one attached hydrogen (secondary N) is 1. The van der Waals surface area contributed by atoms with Gasteiger partial charge in [0.15, 0.2) is 0 Å². The molecular formula is C20H19ClN4O5. The average Bonchev–Trinajstić information content (AvgIpc) is 3.12. The van der Waals surface area contributed by atoms with E-state index in [4.69, 9.17) is 21.1 Å². The summed E-state index contributed by atoms with van der Waals surface area (Å²) < 4.78 is 12.4. The fraction of sp³-hybridized carbons (Fsp3) is 0.200. The van der Waals surface area contributed by atoms with E-state index >= 15 is 0 Å². The third-order valence-electron chi connectivity index (χ3n) is 4.18. The number of hydrogen-bond acceptors (Lipinski definition) is 6. The summed E-state index contributed by atoms with van der Waals surface area (Å²) in [6, 6.07) is 10.8. The summed E-state index contributed by atoms with van der Waals surface area (Å²) in [7, 11) is 1.55. The largest absolute Gasteiger partial charge is 0.497 e. The highest BCUT2D eigenvalue weighted by Gasteiger charge is 2.17. The van der Waals surface area contributed by atoms with Crippen LogP contribution in [0.3, 0.4) is 0 Å². The SMILES string of the molecule is COc1ccc(Oc2cc(NC(=O)C(C)Cn3cc(Cl)cn3)cc([N+](=O)[O-])c2)cc1. The maximum absolute atomic E-state index is 12.5. The van der Waals surface area contributed by atoms with Crippen molar-refractivity contribution in [2.75, 3.05) is 12.4 Å². The lowest BCUT2D eigenvalue weighted by Crippen LogP contribution is -2.24. The Morgan fingerprint density at radius 2 is 1.93 bits per heavy atom. The highest BCUT2D eigenvalue weighted by atomic mass is 35.5. The fourth-order valence-electron chi connectivity index (χ4n) is 2.67. The summed E-state index contributed by atoms with van der Waals surface area (Å²) in [6.45, 7) is 2.03. The van der Waals surface area contributed by atoms with Gasteiger partial charge in [-0.05, 0) is 24.3 Å². The standard InChI is InChI=1S/C20H19ClN4O5/c1-13(11-24-12-14(21)10-22-24)20(26)23-15-7-16(25(27)28)9-19(8-15)30-18-5-3-17(29-2)4-6-18/h3-10,12-13H,11H2,1-2H3,(H,23,26). The number of carbonyl (C=O) groups excluding carboxylic acids is 1. The van der Waals surface area contributed by atoms with Crippen LogP contribution in [0.2, 0.25) is 5.02 Å². The van der Waals surface area contributed by atoms with E-state index in [1.54, 1.807) is 49.2 Å². The normalized spacial score (nSPS) is 11.6. The molecule has 0 saturated heterocycles. The van der Waals surface area contributed by atoms with Gasteiger partial charge in [-0.3, -0.25) is 19.6 Å². The van der Waals surface area contributed by atoms with Gasteiger partial charge in [-0.15, -0.1) is 0 Å². The first-order valence-corrected chi connectivity index (χ1v) is 9.32. The van der Waals surface area contributed by atoms with Gasteiger partial charge in [0.1, 0.15) is 17.2 Å². The molecule has 9 nitrogen and oxygen atoms in total. The summed E-state index contributed by atoms with van der Waals surface area (Å²) in [5.74, 6) is 0.569. The molecule has 2 aromatic carbocycles. The van der Waals surface area contributed by atoms with Crippen molar-refractivity contribution in [2.24, 2.45) is 5.92 Å². The summed E-state index contributed by atoms with van der Waals surface area (Å²) >= 11 is 5.83. The molecule has 1 amide bonds. The van der Waals surface area contributed by atoms with Crippen LogP contribution in [-0.4, -0.2) is 27.7 Å². The van der Waals surface area contributed by atoms with Crippen LogP contribution in [0.1, 0.15) is 6.92 Å². The van der Waals surface area contributed by atoms with E-state index in [2.05, 4.69) is 10.4 Å². The number of anilines is 1. The molecule has 0 spiro atoms. The Morgan fingerprint density at radius 3 is 2.53 bits per heavy atom. The maximum Gasteiger partial charge on any atom is 0.275 e. The zero-order chi connectivity index (χ0) is 21.7.